The monoisotopic (exact) mass is 248 g/mol. The van der Waals surface area contributed by atoms with Crippen molar-refractivity contribution in [3.05, 3.63) is 59.4 Å². The second-order valence-electron chi connectivity index (χ2n) is 3.97. The van der Waals surface area contributed by atoms with Gasteiger partial charge in [-0.15, -0.1) is 0 Å². The molecule has 1 aliphatic heterocycles. The van der Waals surface area contributed by atoms with Crippen molar-refractivity contribution in [2.24, 2.45) is 0 Å². The fourth-order valence-corrected chi connectivity index (χ4v) is 1.82. The molecule has 0 saturated heterocycles. The largest absolute Gasteiger partial charge is 0.457 e. The summed E-state index contributed by atoms with van der Waals surface area (Å²) in [5, 5.41) is 18.1. The zero-order valence-electron chi connectivity index (χ0n) is 10.6. The Hall–Kier alpha value is -2.78. The first-order chi connectivity index (χ1) is 9.30. The highest BCUT2D eigenvalue weighted by Gasteiger charge is 2.18. The molecule has 19 heavy (non-hydrogen) atoms. The van der Waals surface area contributed by atoms with Gasteiger partial charge in [-0.05, 0) is 24.6 Å². The minimum Gasteiger partial charge on any atom is -0.457 e. The van der Waals surface area contributed by atoms with Crippen LogP contribution in [-0.4, -0.2) is 0 Å². The fraction of sp³-hybridized carbons (Fsp3) is 0.125. The van der Waals surface area contributed by atoms with E-state index in [1.54, 1.807) is 6.08 Å². The van der Waals surface area contributed by atoms with Crippen LogP contribution >= 0.6 is 0 Å². The van der Waals surface area contributed by atoms with Crippen molar-refractivity contribution in [3.63, 3.8) is 0 Å². The van der Waals surface area contributed by atoms with Gasteiger partial charge in [-0.1, -0.05) is 31.2 Å². The molecule has 0 fully saturated rings. The molecule has 0 unspecified atom stereocenters. The van der Waals surface area contributed by atoms with E-state index in [2.05, 4.69) is 0 Å². The topological polar surface area (TPSA) is 56.8 Å². The molecule has 3 nitrogen and oxygen atoms in total. The van der Waals surface area contributed by atoms with Gasteiger partial charge in [-0.25, -0.2) is 0 Å². The summed E-state index contributed by atoms with van der Waals surface area (Å²) in [4.78, 5) is 0. The molecule has 0 N–H and O–H groups in total. The smallest absolute Gasteiger partial charge is 0.137 e. The lowest BCUT2D eigenvalue weighted by atomic mass is 9.97. The molecule has 0 amide bonds. The number of benzene rings is 1. The molecule has 2 rings (SSSR count). The van der Waals surface area contributed by atoms with Gasteiger partial charge in [-0.2, -0.15) is 10.5 Å². The summed E-state index contributed by atoms with van der Waals surface area (Å²) in [6, 6.07) is 11.3. The van der Waals surface area contributed by atoms with Crippen LogP contribution in [0.15, 0.2) is 53.8 Å². The summed E-state index contributed by atoms with van der Waals surface area (Å²) >= 11 is 0. The molecule has 0 aromatic heterocycles. The quantitative estimate of drug-likeness (QED) is 0.749. The number of hydrogen-bond donors (Lipinski definition) is 0. The number of fused-ring (bicyclic) bond motifs is 1. The molecular formula is C16H12N2O. The van der Waals surface area contributed by atoms with E-state index in [4.69, 9.17) is 15.3 Å². The second kappa shape index (κ2) is 5.71. The van der Waals surface area contributed by atoms with Crippen LogP contribution in [0.25, 0.3) is 5.57 Å². The molecule has 0 aliphatic carbocycles. The fourth-order valence-electron chi connectivity index (χ4n) is 1.82. The molecule has 0 bridgehead atoms. The summed E-state index contributed by atoms with van der Waals surface area (Å²) in [5.41, 5.74) is 1.48. The predicted octanol–water partition coefficient (Wildman–Crippen LogP) is 3.73. The van der Waals surface area contributed by atoms with E-state index in [1.807, 2.05) is 55.5 Å². The molecule has 3 heteroatoms. The first-order valence-corrected chi connectivity index (χ1v) is 6.00. The first-order valence-electron chi connectivity index (χ1n) is 6.00. The van der Waals surface area contributed by atoms with Crippen molar-refractivity contribution >= 4 is 5.57 Å². The van der Waals surface area contributed by atoms with Crippen molar-refractivity contribution in [2.45, 2.75) is 13.3 Å². The third-order valence-electron chi connectivity index (χ3n) is 2.70. The van der Waals surface area contributed by atoms with Crippen molar-refractivity contribution in [2.75, 3.05) is 0 Å². The molecule has 92 valence electrons. The molecule has 1 aromatic rings. The average Bonchev–Trinajstić information content (AvgIpc) is 2.46. The van der Waals surface area contributed by atoms with Crippen molar-refractivity contribution in [3.8, 4) is 17.9 Å². The van der Waals surface area contributed by atoms with Crippen LogP contribution in [-0.2, 0) is 0 Å². The van der Waals surface area contributed by atoms with Crippen molar-refractivity contribution in [1.29, 1.82) is 10.5 Å². The van der Waals surface area contributed by atoms with E-state index in [1.165, 1.54) is 0 Å². The van der Waals surface area contributed by atoms with Crippen LogP contribution < -0.4 is 4.74 Å². The van der Waals surface area contributed by atoms with E-state index in [0.29, 0.717) is 17.1 Å². The van der Waals surface area contributed by atoms with E-state index in [9.17, 15) is 0 Å². The lowest BCUT2D eigenvalue weighted by Gasteiger charge is -2.18. The number of hydrogen-bond acceptors (Lipinski definition) is 3. The molecular weight excluding hydrogens is 236 g/mol. The van der Waals surface area contributed by atoms with Gasteiger partial charge in [0.15, 0.2) is 0 Å². The Labute approximate surface area is 112 Å². The molecule has 0 spiro atoms. The van der Waals surface area contributed by atoms with Crippen LogP contribution in [0.3, 0.4) is 0 Å². The molecule has 0 atom stereocenters. The number of nitriles is 2. The van der Waals surface area contributed by atoms with E-state index in [-0.39, 0.29) is 5.57 Å². The maximum absolute atomic E-state index is 9.05. The van der Waals surface area contributed by atoms with Gasteiger partial charge >= 0.3 is 0 Å². The number of ether oxygens (including phenoxy) is 1. The molecule has 0 radical (unpaired) electrons. The molecule has 0 saturated carbocycles. The minimum absolute atomic E-state index is 0.0955. The highest BCUT2D eigenvalue weighted by molar-refractivity contribution is 5.86. The van der Waals surface area contributed by atoms with Crippen molar-refractivity contribution in [1.82, 2.24) is 0 Å². The Bertz CT molecular complexity index is 651. The second-order valence-corrected chi connectivity index (χ2v) is 3.97. The molecule has 1 aliphatic rings. The molecule has 1 aromatic carbocycles. The Kier molecular flexibility index (Phi) is 3.81. The normalized spacial score (nSPS) is 13.0. The maximum Gasteiger partial charge on any atom is 0.137 e. The van der Waals surface area contributed by atoms with Gasteiger partial charge < -0.3 is 4.74 Å². The lowest BCUT2D eigenvalue weighted by molar-refractivity contribution is 0.439. The van der Waals surface area contributed by atoms with Crippen LogP contribution in [0.2, 0.25) is 0 Å². The van der Waals surface area contributed by atoms with Crippen LogP contribution in [0, 0.1) is 22.7 Å². The summed E-state index contributed by atoms with van der Waals surface area (Å²) in [6.07, 6.45) is 6.44. The third kappa shape index (κ3) is 2.56. The Balaban J connectivity index is 2.61. The minimum atomic E-state index is 0.0955. The van der Waals surface area contributed by atoms with Gasteiger partial charge in [0, 0.05) is 11.1 Å². The maximum atomic E-state index is 9.05. The number of rotatable bonds is 2. The van der Waals surface area contributed by atoms with Gasteiger partial charge in [0.05, 0.1) is 0 Å². The Morgan fingerprint density at radius 1 is 1.26 bits per heavy atom. The Morgan fingerprint density at radius 2 is 2.00 bits per heavy atom. The third-order valence-corrected chi connectivity index (χ3v) is 2.70. The lowest BCUT2D eigenvalue weighted by Crippen LogP contribution is -2.03. The molecule has 1 heterocycles. The standard InChI is InChI=1S/C16H12N2O/c1-2-3-6-13-9-15(12(10-17)11-18)14-7-4-5-8-16(14)19-13/h3-9H,2H2,1H3/b6-3+. The number of nitrogens with zero attached hydrogens (tertiary/aromatic N) is 2. The highest BCUT2D eigenvalue weighted by Crippen LogP contribution is 2.35. The highest BCUT2D eigenvalue weighted by atomic mass is 16.5. The SMILES string of the molecule is CC/C=C/C1=CC(=C(C#N)C#N)c2ccccc2O1. The van der Waals surface area contributed by atoms with Crippen LogP contribution in [0.1, 0.15) is 18.9 Å². The van der Waals surface area contributed by atoms with Crippen LogP contribution in [0.5, 0.6) is 5.75 Å². The summed E-state index contributed by atoms with van der Waals surface area (Å²) in [7, 11) is 0. The van der Waals surface area contributed by atoms with Gasteiger partial charge in [0.2, 0.25) is 0 Å². The number of allylic oxidation sites excluding steroid dienone is 5. The van der Waals surface area contributed by atoms with E-state index < -0.39 is 0 Å². The first kappa shape index (κ1) is 12.7. The number of para-hydroxylation sites is 1. The summed E-state index contributed by atoms with van der Waals surface area (Å²) in [5.74, 6) is 1.30. The zero-order chi connectivity index (χ0) is 13.7. The van der Waals surface area contributed by atoms with Crippen LogP contribution in [0.4, 0.5) is 0 Å². The van der Waals surface area contributed by atoms with Gasteiger partial charge in [0.1, 0.15) is 29.2 Å². The summed E-state index contributed by atoms with van der Waals surface area (Å²) in [6.45, 7) is 2.03. The van der Waals surface area contributed by atoms with E-state index >= 15 is 0 Å². The Morgan fingerprint density at radius 3 is 2.68 bits per heavy atom. The van der Waals surface area contributed by atoms with Crippen molar-refractivity contribution < 1.29 is 4.74 Å². The van der Waals surface area contributed by atoms with Gasteiger partial charge in [0.25, 0.3) is 0 Å². The predicted molar refractivity (Wildman–Crippen MR) is 72.7 cm³/mol. The average molecular weight is 248 g/mol. The van der Waals surface area contributed by atoms with Gasteiger partial charge in [-0.3, -0.25) is 0 Å². The zero-order valence-corrected chi connectivity index (χ0v) is 10.6. The van der Waals surface area contributed by atoms with E-state index in [0.717, 1.165) is 12.0 Å². The summed E-state index contributed by atoms with van der Waals surface area (Å²) < 4.78 is 5.72.